The van der Waals surface area contributed by atoms with Crippen LogP contribution in [-0.4, -0.2) is 26.7 Å². The largest absolute Gasteiger partial charge is 0.504 e. The second-order valence-electron chi connectivity index (χ2n) is 5.62. The van der Waals surface area contributed by atoms with Gasteiger partial charge in [0.15, 0.2) is 11.4 Å². The lowest BCUT2D eigenvalue weighted by molar-refractivity contribution is -0.122. The van der Waals surface area contributed by atoms with Gasteiger partial charge >= 0.3 is 0 Å². The van der Waals surface area contributed by atoms with Crippen molar-refractivity contribution < 1.29 is 14.7 Å². The normalized spacial score (nSPS) is 16.1. The van der Waals surface area contributed by atoms with Crippen LogP contribution in [0.25, 0.3) is 5.69 Å². The van der Waals surface area contributed by atoms with Crippen LogP contribution in [-0.2, 0) is 4.79 Å². The molecule has 0 fully saturated rings. The second-order valence-corrected chi connectivity index (χ2v) is 5.62. The highest BCUT2D eigenvalue weighted by atomic mass is 16.3. The molecule has 0 bridgehead atoms. The Labute approximate surface area is 139 Å². The monoisotopic (exact) mass is 326 g/mol. The number of rotatable bonds is 4. The number of benzene rings is 1. The maximum Gasteiger partial charge on any atom is 0.294 e. The number of hydrazine groups is 1. The first-order valence-corrected chi connectivity index (χ1v) is 7.73. The van der Waals surface area contributed by atoms with E-state index in [9.17, 15) is 14.7 Å². The Bertz CT molecular complexity index is 767. The molecule has 0 aliphatic heterocycles. The summed E-state index contributed by atoms with van der Waals surface area (Å²) in [6.07, 6.45) is 7.65. The lowest BCUT2D eigenvalue weighted by atomic mass is 10.1. The van der Waals surface area contributed by atoms with Gasteiger partial charge in [-0.1, -0.05) is 30.4 Å². The van der Waals surface area contributed by atoms with E-state index < -0.39 is 5.91 Å². The van der Waals surface area contributed by atoms with Gasteiger partial charge in [-0.2, -0.15) is 5.10 Å². The minimum absolute atomic E-state index is 0.153. The average molecular weight is 326 g/mol. The van der Waals surface area contributed by atoms with Gasteiger partial charge in [-0.05, 0) is 30.9 Å². The van der Waals surface area contributed by atoms with Crippen LogP contribution in [0.4, 0.5) is 0 Å². The van der Waals surface area contributed by atoms with Gasteiger partial charge < -0.3 is 5.11 Å². The molecular formula is C17H18N4O3. The summed E-state index contributed by atoms with van der Waals surface area (Å²) in [6.45, 7) is 0. The Morgan fingerprint density at radius 1 is 1.25 bits per heavy atom. The minimum atomic E-state index is -0.669. The van der Waals surface area contributed by atoms with E-state index >= 15 is 0 Å². The van der Waals surface area contributed by atoms with Crippen LogP contribution in [0.15, 0.2) is 48.7 Å². The molecule has 0 saturated heterocycles. The van der Waals surface area contributed by atoms with Gasteiger partial charge in [0.05, 0.1) is 11.9 Å². The number of hydrogen-bond acceptors (Lipinski definition) is 4. The van der Waals surface area contributed by atoms with Crippen molar-refractivity contribution in [3.63, 3.8) is 0 Å². The molecule has 0 unspecified atom stereocenters. The van der Waals surface area contributed by atoms with Crippen LogP contribution >= 0.6 is 0 Å². The number of carbonyl (C=O) groups is 2. The van der Waals surface area contributed by atoms with Crippen LogP contribution in [0.3, 0.4) is 0 Å². The summed E-state index contributed by atoms with van der Waals surface area (Å²) in [6, 6.07) is 9.10. The molecule has 1 aromatic carbocycles. The molecule has 0 spiro atoms. The first-order valence-electron chi connectivity index (χ1n) is 7.73. The van der Waals surface area contributed by atoms with Gasteiger partial charge in [0, 0.05) is 6.42 Å². The van der Waals surface area contributed by atoms with E-state index in [1.165, 1.54) is 10.9 Å². The standard InChI is InChI=1S/C17H18N4O3/c22-14-11-21(13-8-2-1-3-9-13)20-16(14)17(24)19-18-15(23)10-12-6-4-5-7-12/h1-4,6,8-9,11-12,22H,5,7,10H2,(H,18,23)(H,19,24)/t12-/m1/s1. The summed E-state index contributed by atoms with van der Waals surface area (Å²) in [4.78, 5) is 23.9. The summed E-state index contributed by atoms with van der Waals surface area (Å²) in [5, 5.41) is 13.9. The molecule has 1 aliphatic rings. The first-order chi connectivity index (χ1) is 11.6. The maximum absolute atomic E-state index is 12.1. The highest BCUT2D eigenvalue weighted by Crippen LogP contribution is 2.20. The number of carbonyl (C=O) groups excluding carboxylic acids is 2. The van der Waals surface area contributed by atoms with E-state index in [1.54, 1.807) is 12.1 Å². The number of hydrogen-bond donors (Lipinski definition) is 3. The summed E-state index contributed by atoms with van der Waals surface area (Å²) in [7, 11) is 0. The van der Waals surface area contributed by atoms with E-state index in [2.05, 4.69) is 16.0 Å². The molecule has 2 amide bonds. The Kier molecular flexibility index (Phi) is 4.60. The Morgan fingerprint density at radius 2 is 2.04 bits per heavy atom. The van der Waals surface area contributed by atoms with Crippen LogP contribution < -0.4 is 10.9 Å². The molecular weight excluding hydrogens is 308 g/mol. The van der Waals surface area contributed by atoms with Crippen molar-refractivity contribution >= 4 is 11.8 Å². The maximum atomic E-state index is 12.1. The highest BCUT2D eigenvalue weighted by Gasteiger charge is 2.19. The van der Waals surface area contributed by atoms with Crippen molar-refractivity contribution in [3.05, 3.63) is 54.4 Å². The van der Waals surface area contributed by atoms with Crippen LogP contribution in [0.1, 0.15) is 29.8 Å². The predicted octanol–water partition coefficient (Wildman–Crippen LogP) is 1.70. The fraction of sp³-hybridized carbons (Fsp3) is 0.235. The predicted molar refractivity (Wildman–Crippen MR) is 87.3 cm³/mol. The zero-order valence-corrected chi connectivity index (χ0v) is 13.0. The van der Waals surface area contributed by atoms with Gasteiger partial charge in [-0.25, -0.2) is 4.68 Å². The van der Waals surface area contributed by atoms with Crippen molar-refractivity contribution in [1.82, 2.24) is 20.6 Å². The molecule has 7 heteroatoms. The van der Waals surface area contributed by atoms with Crippen molar-refractivity contribution in [2.75, 3.05) is 0 Å². The lowest BCUT2D eigenvalue weighted by Gasteiger charge is -2.09. The average Bonchev–Trinajstić information content (AvgIpc) is 3.23. The molecule has 7 nitrogen and oxygen atoms in total. The zero-order chi connectivity index (χ0) is 16.9. The molecule has 1 atom stereocenters. The molecule has 0 saturated carbocycles. The molecule has 24 heavy (non-hydrogen) atoms. The number of para-hydroxylation sites is 1. The van der Waals surface area contributed by atoms with Crippen molar-refractivity contribution in [3.8, 4) is 11.4 Å². The number of allylic oxidation sites excluding steroid dienone is 2. The summed E-state index contributed by atoms with van der Waals surface area (Å²) >= 11 is 0. The van der Waals surface area contributed by atoms with E-state index in [-0.39, 0.29) is 23.3 Å². The first kappa shape index (κ1) is 15.8. The second kappa shape index (κ2) is 6.99. The third-order valence-corrected chi connectivity index (χ3v) is 3.81. The van der Waals surface area contributed by atoms with Crippen molar-refractivity contribution in [1.29, 1.82) is 0 Å². The molecule has 0 radical (unpaired) electrons. The summed E-state index contributed by atoms with van der Waals surface area (Å²) in [5.74, 6) is -0.990. The molecule has 1 aliphatic carbocycles. The van der Waals surface area contributed by atoms with Gasteiger partial charge in [0.1, 0.15) is 0 Å². The fourth-order valence-corrected chi connectivity index (χ4v) is 2.58. The SMILES string of the molecule is O=C(C[C@@H]1C=CCC1)NNC(=O)c1nn(-c2ccccc2)cc1O. The number of aromatic nitrogens is 2. The number of amides is 2. The Balaban J connectivity index is 1.60. The minimum Gasteiger partial charge on any atom is -0.504 e. The third-order valence-electron chi connectivity index (χ3n) is 3.81. The quantitative estimate of drug-likeness (QED) is 0.588. The summed E-state index contributed by atoms with van der Waals surface area (Å²) < 4.78 is 1.40. The topological polar surface area (TPSA) is 96.3 Å². The Morgan fingerprint density at radius 3 is 2.75 bits per heavy atom. The van der Waals surface area contributed by atoms with E-state index in [4.69, 9.17) is 0 Å². The Hall–Kier alpha value is -3.09. The van der Waals surface area contributed by atoms with Gasteiger partial charge in [-0.15, -0.1) is 0 Å². The van der Waals surface area contributed by atoms with E-state index in [0.29, 0.717) is 12.1 Å². The van der Waals surface area contributed by atoms with Gasteiger partial charge in [0.2, 0.25) is 5.91 Å². The molecule has 2 aromatic rings. The van der Waals surface area contributed by atoms with Crippen molar-refractivity contribution in [2.45, 2.75) is 19.3 Å². The molecule has 1 heterocycles. The molecule has 124 valence electrons. The van der Waals surface area contributed by atoms with Gasteiger partial charge in [0.25, 0.3) is 5.91 Å². The fourth-order valence-electron chi connectivity index (χ4n) is 2.58. The highest BCUT2D eigenvalue weighted by molar-refractivity contribution is 5.95. The van der Waals surface area contributed by atoms with Crippen molar-refractivity contribution in [2.24, 2.45) is 5.92 Å². The van der Waals surface area contributed by atoms with E-state index in [0.717, 1.165) is 12.8 Å². The number of nitrogens with zero attached hydrogens (tertiary/aromatic N) is 2. The number of nitrogens with one attached hydrogen (secondary N) is 2. The zero-order valence-electron chi connectivity index (χ0n) is 13.0. The van der Waals surface area contributed by atoms with E-state index in [1.807, 2.05) is 30.4 Å². The van der Waals surface area contributed by atoms with Gasteiger partial charge in [-0.3, -0.25) is 20.4 Å². The summed E-state index contributed by atoms with van der Waals surface area (Å²) in [5.41, 5.74) is 5.19. The number of aromatic hydroxyl groups is 1. The molecule has 3 rings (SSSR count). The molecule has 1 aromatic heterocycles. The van der Waals surface area contributed by atoms with Crippen LogP contribution in [0.2, 0.25) is 0 Å². The molecule has 3 N–H and O–H groups in total. The van der Waals surface area contributed by atoms with Crippen LogP contribution in [0, 0.1) is 5.92 Å². The van der Waals surface area contributed by atoms with Crippen LogP contribution in [0.5, 0.6) is 5.75 Å². The third kappa shape index (κ3) is 3.62. The lowest BCUT2D eigenvalue weighted by Crippen LogP contribution is -2.42. The smallest absolute Gasteiger partial charge is 0.294 e.